The van der Waals surface area contributed by atoms with E-state index in [0.717, 1.165) is 10.8 Å². The van der Waals surface area contributed by atoms with Gasteiger partial charge in [-0.15, -0.1) is 11.3 Å². The smallest absolute Gasteiger partial charge is 0.373 e. The van der Waals surface area contributed by atoms with E-state index in [2.05, 4.69) is 35.1 Å². The van der Waals surface area contributed by atoms with Crippen molar-refractivity contribution in [2.75, 3.05) is 20.0 Å². The number of fused-ring (bicyclic) bond motifs is 1. The Kier molecular flexibility index (Phi) is 20.9. The molecule has 0 atom stereocenters. The normalized spacial score (nSPS) is 9.61. The molecule has 0 radical (unpaired) electrons. The number of ether oxygens (including phenoxy) is 2. The summed E-state index contributed by atoms with van der Waals surface area (Å²) in [5.74, 6) is -1.56. The molecule has 2 N–H and O–H groups in total. The molecule has 0 saturated heterocycles. The van der Waals surface area contributed by atoms with E-state index in [1.54, 1.807) is 11.3 Å². The summed E-state index contributed by atoms with van der Waals surface area (Å²) in [6.07, 6.45) is -1.63. The highest BCUT2D eigenvalue weighted by molar-refractivity contribution is 7.81. The number of methoxy groups -OCH3 is 2. The van der Waals surface area contributed by atoms with Gasteiger partial charge >= 0.3 is 12.1 Å². The number of carbonyl (C=O) groups excluding carboxylic acids is 3. The van der Waals surface area contributed by atoms with Gasteiger partial charge in [-0.25, -0.2) is 8.78 Å². The van der Waals surface area contributed by atoms with E-state index in [1.165, 1.54) is 42.7 Å². The third-order valence-corrected chi connectivity index (χ3v) is 8.44. The lowest BCUT2D eigenvalue weighted by molar-refractivity contribution is -0.191. The number of hydrogen-bond donors (Lipinski definition) is 3. The van der Waals surface area contributed by atoms with Gasteiger partial charge in [-0.3, -0.25) is 4.79 Å². The van der Waals surface area contributed by atoms with Crippen molar-refractivity contribution in [3.63, 3.8) is 0 Å². The van der Waals surface area contributed by atoms with Crippen LogP contribution < -0.4 is 4.74 Å². The van der Waals surface area contributed by atoms with Crippen LogP contribution in [0.25, 0.3) is 10.1 Å². The van der Waals surface area contributed by atoms with Gasteiger partial charge in [0.05, 0.1) is 54.8 Å². The maximum absolute atomic E-state index is 13.0. The number of thiol groups is 1. The molecule has 17 heteroatoms. The van der Waals surface area contributed by atoms with Gasteiger partial charge in [-0.1, -0.05) is 75.7 Å². The minimum absolute atomic E-state index is 0.0403. The second kappa shape index (κ2) is 21.8. The Morgan fingerprint density at radius 3 is 1.82 bits per heavy atom. The van der Waals surface area contributed by atoms with E-state index in [0.29, 0.717) is 10.0 Å². The molecule has 0 aliphatic carbocycles. The zero-order chi connectivity index (χ0) is 34.1. The highest BCUT2D eigenvalue weighted by Gasteiger charge is 2.14. The maximum atomic E-state index is 13.0. The summed E-state index contributed by atoms with van der Waals surface area (Å²) < 4.78 is 35.8. The molecule has 0 amide bonds. The van der Waals surface area contributed by atoms with Crippen LogP contribution in [-0.4, -0.2) is 42.3 Å². The predicted molar refractivity (Wildman–Crippen MR) is 174 cm³/mol. The topological polar surface area (TPSA) is 110 Å². The van der Waals surface area contributed by atoms with Crippen molar-refractivity contribution in [1.82, 2.24) is 0 Å². The highest BCUT2D eigenvalue weighted by Crippen LogP contribution is 2.36. The Morgan fingerprint density at radius 2 is 1.36 bits per heavy atom. The number of carbonyl (C=O) groups is 1. The lowest BCUT2D eigenvalue weighted by Crippen LogP contribution is -1.99. The molecule has 240 valence electrons. The lowest BCUT2D eigenvalue weighted by atomic mass is 10.2. The van der Waals surface area contributed by atoms with Crippen LogP contribution in [0.2, 0.25) is 30.1 Å². The number of halogens is 8. The molecule has 0 aliphatic heterocycles. The monoisotopic (exact) mass is 770 g/mol. The van der Waals surface area contributed by atoms with Gasteiger partial charge in [-0.05, 0) is 48.7 Å². The van der Waals surface area contributed by atoms with Crippen molar-refractivity contribution in [3.8, 4) is 5.75 Å². The molecule has 44 heavy (non-hydrogen) atoms. The van der Waals surface area contributed by atoms with Gasteiger partial charge in [0.2, 0.25) is 0 Å². The first-order chi connectivity index (χ1) is 20.6. The Balaban J connectivity index is 0.000000557. The first-order valence-electron chi connectivity index (χ1n) is 11.3. The molecule has 3 aromatic carbocycles. The number of aryl methyl sites for hydroxylation is 1. The minimum atomic E-state index is -1.88. The average Bonchev–Trinajstić information content (AvgIpc) is 3.38. The van der Waals surface area contributed by atoms with Gasteiger partial charge in [0.1, 0.15) is 0 Å². The van der Waals surface area contributed by atoms with Crippen molar-refractivity contribution in [2.24, 2.45) is 0 Å². The molecule has 1 heterocycles. The third-order valence-electron chi connectivity index (χ3n) is 4.62. The molecule has 0 aliphatic rings. The van der Waals surface area contributed by atoms with Crippen molar-refractivity contribution in [2.45, 2.75) is 13.2 Å². The minimum Gasteiger partial charge on any atom is -0.494 e. The molecule has 0 unspecified atom stereocenters. The van der Waals surface area contributed by atoms with Crippen LogP contribution in [-0.2, 0) is 19.1 Å². The van der Waals surface area contributed by atoms with Crippen LogP contribution in [0, 0.1) is 18.6 Å². The molecule has 0 spiro atoms. The quantitative estimate of drug-likeness (QED) is 0.0825. The molecule has 1 aromatic heterocycles. The SMILES string of the molecule is COC(=O)CS.COc1ccc(Cl)c(Cl)c1F.Cc1cc2ccc(Cl)c(Cl)c2s1.O=C=O.OC(O)c1ccc(Cl)c(Cl)c1F. The molecule has 0 bridgehead atoms. The van der Waals surface area contributed by atoms with Crippen LogP contribution in [0.5, 0.6) is 5.75 Å². The summed E-state index contributed by atoms with van der Waals surface area (Å²) in [6.45, 7) is 2.06. The standard InChI is InChI=1S/C9H6Cl2S.C7H5Cl2FO2.C7H5Cl2FO.C3H6O2S.CO2/c1-5-4-6-2-3-7(10)8(11)9(6)12-5;8-4-2-1-3(7(11)12)6(10)5(4)9;1-11-5-3-2-4(8)6(9)7(5)10;1-5-3(4)2-6;2-1-3/h2-4H,1H3;1-2,7,11-12H;2-3H,1H3;6H,2H2,1H3;. The lowest BCUT2D eigenvalue weighted by Gasteiger charge is -2.06. The van der Waals surface area contributed by atoms with Crippen molar-refractivity contribution >= 4 is 116 Å². The third kappa shape index (κ3) is 13.6. The zero-order valence-electron chi connectivity index (χ0n) is 22.6. The molecule has 4 rings (SSSR count). The average molecular weight is 773 g/mol. The van der Waals surface area contributed by atoms with Crippen LogP contribution in [0.15, 0.2) is 42.5 Å². The van der Waals surface area contributed by atoms with Gasteiger partial charge in [0.25, 0.3) is 0 Å². The molecule has 4 aromatic rings. The van der Waals surface area contributed by atoms with Crippen LogP contribution in [0.4, 0.5) is 8.78 Å². The predicted octanol–water partition coefficient (Wildman–Crippen LogP) is 9.28. The number of aliphatic hydroxyl groups is 2. The van der Waals surface area contributed by atoms with E-state index in [4.69, 9.17) is 89.4 Å². The summed E-state index contributed by atoms with van der Waals surface area (Å²) >= 11 is 39.0. The van der Waals surface area contributed by atoms with E-state index < -0.39 is 17.9 Å². The summed E-state index contributed by atoms with van der Waals surface area (Å²) in [4.78, 5) is 27.4. The Bertz CT molecular complexity index is 1560. The summed E-state index contributed by atoms with van der Waals surface area (Å²) in [6, 6.07) is 11.3. The Labute approximate surface area is 290 Å². The summed E-state index contributed by atoms with van der Waals surface area (Å²) in [7, 11) is 2.70. The Hall–Kier alpha value is -1.86. The number of aliphatic hydroxyl groups excluding tert-OH is 1. The second-order valence-electron chi connectivity index (χ2n) is 7.47. The molecular formula is C27H22Cl6F2O7S2. The highest BCUT2D eigenvalue weighted by atomic mass is 35.5. The fourth-order valence-electron chi connectivity index (χ4n) is 2.64. The number of rotatable bonds is 3. The van der Waals surface area contributed by atoms with Crippen molar-refractivity contribution in [3.05, 3.63) is 94.7 Å². The van der Waals surface area contributed by atoms with Gasteiger partial charge in [0.15, 0.2) is 23.7 Å². The fourth-order valence-corrected chi connectivity index (χ4v) is 4.85. The fraction of sp³-hybridized carbons (Fsp3) is 0.185. The van der Waals surface area contributed by atoms with Gasteiger partial charge in [0, 0.05) is 10.4 Å². The largest absolute Gasteiger partial charge is 0.494 e. The Morgan fingerprint density at radius 1 is 0.886 bits per heavy atom. The molecule has 0 saturated carbocycles. The van der Waals surface area contributed by atoms with Gasteiger partial charge < -0.3 is 19.7 Å². The van der Waals surface area contributed by atoms with Crippen LogP contribution >= 0.6 is 93.6 Å². The number of benzene rings is 3. The van der Waals surface area contributed by atoms with E-state index >= 15 is 0 Å². The van der Waals surface area contributed by atoms with E-state index in [-0.39, 0.29) is 49.3 Å². The zero-order valence-corrected chi connectivity index (χ0v) is 28.9. The first kappa shape index (κ1) is 42.1. The first-order valence-corrected chi connectivity index (χ1v) is 15.0. The van der Waals surface area contributed by atoms with E-state index in [9.17, 15) is 13.6 Å². The number of thiophene rings is 1. The number of esters is 1. The van der Waals surface area contributed by atoms with E-state index in [1.807, 2.05) is 12.1 Å². The molecule has 7 nitrogen and oxygen atoms in total. The van der Waals surface area contributed by atoms with Crippen LogP contribution in [0.3, 0.4) is 0 Å². The number of hydrogen-bond acceptors (Lipinski definition) is 9. The van der Waals surface area contributed by atoms with Crippen molar-refractivity contribution < 1.29 is 42.9 Å². The van der Waals surface area contributed by atoms with Gasteiger partial charge in [-0.2, -0.15) is 22.2 Å². The second-order valence-corrected chi connectivity index (χ2v) is 11.4. The van der Waals surface area contributed by atoms with Crippen molar-refractivity contribution in [1.29, 1.82) is 0 Å². The molecule has 0 fully saturated rings. The van der Waals surface area contributed by atoms with Crippen LogP contribution in [0.1, 0.15) is 16.7 Å². The maximum Gasteiger partial charge on any atom is 0.373 e. The molecular weight excluding hydrogens is 751 g/mol. The summed E-state index contributed by atoms with van der Waals surface area (Å²) in [5.41, 5.74) is -0.288. The summed E-state index contributed by atoms with van der Waals surface area (Å²) in [5, 5.41) is 19.6.